The first-order valence-electron chi connectivity index (χ1n) is 7.94. The van der Waals surface area contributed by atoms with Gasteiger partial charge in [0.15, 0.2) is 0 Å². The van der Waals surface area contributed by atoms with Crippen LogP contribution in [0.15, 0.2) is 4.52 Å². The second-order valence-corrected chi connectivity index (χ2v) is 8.16. The van der Waals surface area contributed by atoms with Crippen molar-refractivity contribution in [3.63, 3.8) is 0 Å². The van der Waals surface area contributed by atoms with Crippen LogP contribution in [0, 0.1) is 0 Å². The minimum absolute atomic E-state index is 0.131. The zero-order valence-electron chi connectivity index (χ0n) is 13.5. The summed E-state index contributed by atoms with van der Waals surface area (Å²) >= 11 is 1.91. The molecule has 0 spiro atoms. The van der Waals surface area contributed by atoms with E-state index in [-0.39, 0.29) is 17.4 Å². The predicted octanol–water partition coefficient (Wildman–Crippen LogP) is 1.91. The van der Waals surface area contributed by atoms with E-state index in [2.05, 4.69) is 10.1 Å². The first kappa shape index (κ1) is 15.6. The molecule has 7 heteroatoms. The molecule has 22 heavy (non-hydrogen) atoms. The molecule has 0 radical (unpaired) electrons. The Balaban J connectivity index is 1.75. The molecule has 2 saturated heterocycles. The van der Waals surface area contributed by atoms with Crippen molar-refractivity contribution >= 4 is 23.6 Å². The molecular formula is C15H24N4O2S. The van der Waals surface area contributed by atoms with Crippen LogP contribution in [0.1, 0.15) is 39.5 Å². The van der Waals surface area contributed by atoms with Gasteiger partial charge in [0.25, 0.3) is 5.95 Å². The van der Waals surface area contributed by atoms with E-state index in [1.165, 1.54) is 0 Å². The van der Waals surface area contributed by atoms with E-state index in [0.29, 0.717) is 11.8 Å². The largest absolute Gasteiger partial charge is 0.339 e. The molecule has 1 aromatic heterocycles. The molecule has 1 atom stereocenters. The molecule has 2 aliphatic rings. The molecule has 2 fully saturated rings. The third-order valence-corrected chi connectivity index (χ3v) is 5.12. The lowest BCUT2D eigenvalue weighted by Crippen LogP contribution is -2.48. The number of hydrogen-bond acceptors (Lipinski definition) is 6. The number of thioether (sulfide) groups is 1. The van der Waals surface area contributed by atoms with Gasteiger partial charge in [0, 0.05) is 36.6 Å². The van der Waals surface area contributed by atoms with Crippen LogP contribution < -0.4 is 4.90 Å². The van der Waals surface area contributed by atoms with E-state index >= 15 is 0 Å². The second kappa shape index (κ2) is 6.10. The van der Waals surface area contributed by atoms with Gasteiger partial charge in [0.05, 0.1) is 0 Å². The van der Waals surface area contributed by atoms with E-state index in [1.807, 2.05) is 42.3 Å². The standard InChI is InChI=1S/C15H24N4O2S/c1-15(2,3)13-16-14(17-21-13)19-6-4-5-11(19)12(20)18-7-9-22-10-8-18/h11H,4-10H2,1-3H3. The van der Waals surface area contributed by atoms with Crippen LogP contribution in [0.25, 0.3) is 0 Å². The summed E-state index contributed by atoms with van der Waals surface area (Å²) in [6, 6.07) is -0.131. The molecule has 0 N–H and O–H groups in total. The van der Waals surface area contributed by atoms with E-state index in [4.69, 9.17) is 4.52 Å². The Morgan fingerprint density at radius 2 is 2.00 bits per heavy atom. The van der Waals surface area contributed by atoms with Crippen molar-refractivity contribution in [1.29, 1.82) is 0 Å². The summed E-state index contributed by atoms with van der Waals surface area (Å²) in [4.78, 5) is 21.3. The maximum absolute atomic E-state index is 12.8. The summed E-state index contributed by atoms with van der Waals surface area (Å²) in [5, 5.41) is 4.11. The topological polar surface area (TPSA) is 62.5 Å². The number of nitrogens with zero attached hydrogens (tertiary/aromatic N) is 4. The number of anilines is 1. The second-order valence-electron chi connectivity index (χ2n) is 6.94. The van der Waals surface area contributed by atoms with Crippen molar-refractivity contribution in [2.45, 2.75) is 45.1 Å². The summed E-state index contributed by atoms with van der Waals surface area (Å²) in [5.41, 5.74) is -0.172. The van der Waals surface area contributed by atoms with Gasteiger partial charge in [0.1, 0.15) is 6.04 Å². The lowest BCUT2D eigenvalue weighted by atomic mass is 9.97. The molecular weight excluding hydrogens is 300 g/mol. The lowest BCUT2D eigenvalue weighted by molar-refractivity contribution is -0.132. The Bertz CT molecular complexity index is 534. The van der Waals surface area contributed by atoms with Crippen molar-refractivity contribution in [3.05, 3.63) is 5.89 Å². The van der Waals surface area contributed by atoms with Gasteiger partial charge < -0.3 is 14.3 Å². The molecule has 1 amide bonds. The Labute approximate surface area is 135 Å². The smallest absolute Gasteiger partial charge is 0.266 e. The summed E-state index contributed by atoms with van der Waals surface area (Å²) < 4.78 is 5.38. The molecule has 0 bridgehead atoms. The molecule has 1 unspecified atom stereocenters. The number of carbonyl (C=O) groups is 1. The minimum atomic E-state index is -0.172. The highest BCUT2D eigenvalue weighted by Gasteiger charge is 2.37. The Kier molecular flexibility index (Phi) is 4.34. The van der Waals surface area contributed by atoms with Crippen molar-refractivity contribution in [1.82, 2.24) is 15.0 Å². The Hall–Kier alpha value is -1.24. The first-order chi connectivity index (χ1) is 10.5. The normalized spacial score (nSPS) is 23.1. The van der Waals surface area contributed by atoms with Crippen LogP contribution in [0.2, 0.25) is 0 Å². The monoisotopic (exact) mass is 324 g/mol. The van der Waals surface area contributed by atoms with Gasteiger partial charge in [-0.25, -0.2) is 0 Å². The van der Waals surface area contributed by atoms with E-state index < -0.39 is 0 Å². The number of rotatable bonds is 2. The maximum Gasteiger partial charge on any atom is 0.266 e. The number of carbonyl (C=O) groups excluding carboxylic acids is 1. The molecule has 2 aliphatic heterocycles. The summed E-state index contributed by atoms with van der Waals surface area (Å²) in [7, 11) is 0. The van der Waals surface area contributed by atoms with Crippen molar-refractivity contribution in [2.75, 3.05) is 36.0 Å². The highest BCUT2D eigenvalue weighted by Crippen LogP contribution is 2.28. The third-order valence-electron chi connectivity index (χ3n) is 4.17. The van der Waals surface area contributed by atoms with Gasteiger partial charge >= 0.3 is 0 Å². The van der Waals surface area contributed by atoms with Gasteiger partial charge in [-0.1, -0.05) is 20.8 Å². The third kappa shape index (κ3) is 3.09. The molecule has 122 valence electrons. The fraction of sp³-hybridized carbons (Fsp3) is 0.800. The number of aromatic nitrogens is 2. The van der Waals surface area contributed by atoms with Gasteiger partial charge in [-0.3, -0.25) is 4.79 Å². The van der Waals surface area contributed by atoms with Gasteiger partial charge in [-0.2, -0.15) is 16.7 Å². The van der Waals surface area contributed by atoms with Crippen molar-refractivity contribution < 1.29 is 9.32 Å². The Morgan fingerprint density at radius 3 is 2.64 bits per heavy atom. The van der Waals surface area contributed by atoms with Crippen LogP contribution in [-0.4, -0.2) is 58.1 Å². The quantitative estimate of drug-likeness (QED) is 0.828. The minimum Gasteiger partial charge on any atom is -0.339 e. The van der Waals surface area contributed by atoms with Crippen LogP contribution in [0.5, 0.6) is 0 Å². The van der Waals surface area contributed by atoms with E-state index in [9.17, 15) is 4.79 Å². The van der Waals surface area contributed by atoms with Crippen LogP contribution in [0.4, 0.5) is 5.95 Å². The molecule has 1 aromatic rings. The summed E-state index contributed by atoms with van der Waals surface area (Å²) in [6.07, 6.45) is 1.88. The molecule has 0 saturated carbocycles. The average Bonchev–Trinajstić information content (AvgIpc) is 3.15. The van der Waals surface area contributed by atoms with E-state index in [0.717, 1.165) is 44.0 Å². The van der Waals surface area contributed by atoms with Crippen LogP contribution in [-0.2, 0) is 10.2 Å². The highest BCUT2D eigenvalue weighted by molar-refractivity contribution is 7.99. The molecule has 0 aromatic carbocycles. The maximum atomic E-state index is 12.8. The van der Waals surface area contributed by atoms with E-state index in [1.54, 1.807) is 0 Å². The number of hydrogen-bond donors (Lipinski definition) is 0. The molecule has 0 aliphatic carbocycles. The SMILES string of the molecule is CC(C)(C)c1nc(N2CCCC2C(=O)N2CCSCC2)no1. The van der Waals surface area contributed by atoms with Crippen molar-refractivity contribution in [2.24, 2.45) is 0 Å². The lowest BCUT2D eigenvalue weighted by Gasteiger charge is -2.31. The Morgan fingerprint density at radius 1 is 1.27 bits per heavy atom. The fourth-order valence-electron chi connectivity index (χ4n) is 2.89. The van der Waals surface area contributed by atoms with Gasteiger partial charge in [-0.15, -0.1) is 0 Å². The summed E-state index contributed by atoms with van der Waals surface area (Å²) in [6.45, 7) is 8.66. The van der Waals surface area contributed by atoms with Gasteiger partial charge in [-0.05, 0) is 18.0 Å². The van der Waals surface area contributed by atoms with Crippen LogP contribution in [0.3, 0.4) is 0 Å². The predicted molar refractivity (Wildman–Crippen MR) is 87.3 cm³/mol. The molecule has 3 heterocycles. The zero-order chi connectivity index (χ0) is 15.7. The van der Waals surface area contributed by atoms with Gasteiger partial charge in [0.2, 0.25) is 11.8 Å². The first-order valence-corrected chi connectivity index (χ1v) is 9.09. The summed E-state index contributed by atoms with van der Waals surface area (Å²) in [5.74, 6) is 3.48. The van der Waals surface area contributed by atoms with Crippen molar-refractivity contribution in [3.8, 4) is 0 Å². The van der Waals surface area contributed by atoms with Crippen LogP contribution >= 0.6 is 11.8 Å². The zero-order valence-corrected chi connectivity index (χ0v) is 14.4. The highest BCUT2D eigenvalue weighted by atomic mass is 32.2. The number of amides is 1. The average molecular weight is 324 g/mol. The fourth-order valence-corrected chi connectivity index (χ4v) is 3.80. The molecule has 3 rings (SSSR count). The molecule has 6 nitrogen and oxygen atoms in total.